The third kappa shape index (κ3) is 2.69. The van der Waals surface area contributed by atoms with Crippen LogP contribution in [0.5, 0.6) is 0 Å². The van der Waals surface area contributed by atoms with Crippen LogP contribution < -0.4 is 5.32 Å². The number of hydrogen-bond donors (Lipinski definition) is 1. The lowest BCUT2D eigenvalue weighted by Gasteiger charge is -2.45. The monoisotopic (exact) mass is 234 g/mol. The number of aromatic nitrogens is 2. The number of piperidine rings is 3. The van der Waals surface area contributed by atoms with Crippen molar-refractivity contribution < 1.29 is 0 Å². The number of rotatable bonds is 5. The van der Waals surface area contributed by atoms with Gasteiger partial charge in [-0.05, 0) is 50.9 Å². The summed E-state index contributed by atoms with van der Waals surface area (Å²) in [6, 6.07) is 2.73. The summed E-state index contributed by atoms with van der Waals surface area (Å²) in [5.41, 5.74) is 0. The number of nitrogens with one attached hydrogen (secondary N) is 1. The van der Waals surface area contributed by atoms with Gasteiger partial charge in [-0.25, -0.2) is 0 Å². The van der Waals surface area contributed by atoms with Gasteiger partial charge in [0, 0.05) is 31.5 Å². The van der Waals surface area contributed by atoms with Crippen LogP contribution in [-0.4, -0.2) is 46.9 Å². The van der Waals surface area contributed by atoms with Crippen LogP contribution in [0.3, 0.4) is 0 Å². The molecule has 0 aliphatic carbocycles. The maximum absolute atomic E-state index is 4.22. The molecule has 4 heterocycles. The van der Waals surface area contributed by atoms with Gasteiger partial charge in [0.25, 0.3) is 0 Å². The lowest BCUT2D eigenvalue weighted by molar-refractivity contribution is 0.0726. The molecule has 3 fully saturated rings. The van der Waals surface area contributed by atoms with Crippen molar-refractivity contribution in [3.8, 4) is 0 Å². The Bertz CT molecular complexity index is 327. The van der Waals surface area contributed by atoms with E-state index in [4.69, 9.17) is 0 Å². The Morgan fingerprint density at radius 3 is 2.82 bits per heavy atom. The first kappa shape index (κ1) is 11.2. The predicted octanol–water partition coefficient (Wildman–Crippen LogP) is 0.957. The van der Waals surface area contributed by atoms with Crippen LogP contribution in [0.15, 0.2) is 18.5 Å². The van der Waals surface area contributed by atoms with Gasteiger partial charge in [-0.3, -0.25) is 4.68 Å². The number of nitrogens with zero attached hydrogens (tertiary/aromatic N) is 3. The molecule has 1 aromatic rings. The first-order chi connectivity index (χ1) is 8.42. The van der Waals surface area contributed by atoms with Crippen LogP contribution >= 0.6 is 0 Å². The minimum absolute atomic E-state index is 0.745. The molecule has 4 nitrogen and oxygen atoms in total. The summed E-state index contributed by atoms with van der Waals surface area (Å²) in [7, 11) is 0. The highest BCUT2D eigenvalue weighted by Crippen LogP contribution is 2.27. The summed E-state index contributed by atoms with van der Waals surface area (Å²) in [5.74, 6) is 0.935. The predicted molar refractivity (Wildman–Crippen MR) is 67.8 cm³/mol. The van der Waals surface area contributed by atoms with Crippen molar-refractivity contribution in [2.45, 2.75) is 31.8 Å². The van der Waals surface area contributed by atoms with Crippen molar-refractivity contribution in [2.24, 2.45) is 5.92 Å². The van der Waals surface area contributed by atoms with Crippen LogP contribution in [0.25, 0.3) is 0 Å². The van der Waals surface area contributed by atoms with Crippen molar-refractivity contribution in [1.82, 2.24) is 20.0 Å². The SMILES string of the molecule is c1cnn(CCCNC2CN3CCC2CC3)c1. The van der Waals surface area contributed by atoms with Crippen molar-refractivity contribution in [3.63, 3.8) is 0 Å². The molecule has 3 saturated heterocycles. The zero-order chi connectivity index (χ0) is 11.5. The van der Waals surface area contributed by atoms with E-state index in [1.807, 2.05) is 23.1 Å². The molecule has 1 unspecified atom stereocenters. The molecule has 0 aromatic carbocycles. The fourth-order valence-corrected chi connectivity index (χ4v) is 3.16. The highest BCUT2D eigenvalue weighted by molar-refractivity contribution is 4.90. The summed E-state index contributed by atoms with van der Waals surface area (Å²) < 4.78 is 2.01. The summed E-state index contributed by atoms with van der Waals surface area (Å²) in [5, 5.41) is 7.95. The maximum atomic E-state index is 4.22. The number of aryl methyl sites for hydroxylation is 1. The molecular weight excluding hydrogens is 212 g/mol. The van der Waals surface area contributed by atoms with Crippen molar-refractivity contribution in [2.75, 3.05) is 26.2 Å². The van der Waals surface area contributed by atoms with Crippen molar-refractivity contribution >= 4 is 0 Å². The quantitative estimate of drug-likeness (QED) is 0.770. The molecule has 17 heavy (non-hydrogen) atoms. The number of hydrogen-bond acceptors (Lipinski definition) is 3. The van der Waals surface area contributed by atoms with E-state index in [1.54, 1.807) is 0 Å². The summed E-state index contributed by atoms with van der Waals surface area (Å²) in [6.07, 6.45) is 7.85. The minimum Gasteiger partial charge on any atom is -0.312 e. The zero-order valence-electron chi connectivity index (χ0n) is 10.4. The molecule has 0 spiro atoms. The minimum atomic E-state index is 0.745. The summed E-state index contributed by atoms with van der Waals surface area (Å²) >= 11 is 0. The van der Waals surface area contributed by atoms with Gasteiger partial charge in [-0.1, -0.05) is 0 Å². The molecule has 0 saturated carbocycles. The van der Waals surface area contributed by atoms with Crippen LogP contribution in [0.1, 0.15) is 19.3 Å². The molecule has 1 N–H and O–H groups in total. The molecule has 2 bridgehead atoms. The van der Waals surface area contributed by atoms with E-state index < -0.39 is 0 Å². The second kappa shape index (κ2) is 5.19. The van der Waals surface area contributed by atoms with E-state index in [9.17, 15) is 0 Å². The molecule has 1 atom stereocenters. The van der Waals surface area contributed by atoms with Gasteiger partial charge in [-0.15, -0.1) is 0 Å². The van der Waals surface area contributed by atoms with E-state index >= 15 is 0 Å². The van der Waals surface area contributed by atoms with E-state index in [2.05, 4.69) is 15.3 Å². The first-order valence-electron chi connectivity index (χ1n) is 6.85. The summed E-state index contributed by atoms with van der Waals surface area (Å²) in [6.45, 7) is 6.08. The third-order valence-corrected chi connectivity index (χ3v) is 4.19. The average molecular weight is 234 g/mol. The first-order valence-corrected chi connectivity index (χ1v) is 6.85. The van der Waals surface area contributed by atoms with Crippen LogP contribution in [0.4, 0.5) is 0 Å². The Balaban J connectivity index is 1.37. The average Bonchev–Trinajstić information content (AvgIpc) is 2.89. The van der Waals surface area contributed by atoms with Gasteiger partial charge < -0.3 is 10.2 Å². The lowest BCUT2D eigenvalue weighted by Crippen LogP contribution is -2.56. The normalized spacial score (nSPS) is 31.9. The number of fused-ring (bicyclic) bond motifs is 3. The standard InChI is InChI=1S/C13H22N4/c1(7-17-8-2-6-15-17)5-14-13-11-16-9-3-12(13)4-10-16/h2,6,8,12-14H,1,3-5,7,9-11H2. The molecule has 4 rings (SSSR count). The lowest BCUT2D eigenvalue weighted by atomic mass is 9.84. The fraction of sp³-hybridized carbons (Fsp3) is 0.769. The smallest absolute Gasteiger partial charge is 0.0489 e. The molecule has 4 heteroatoms. The van der Waals surface area contributed by atoms with Crippen LogP contribution in [0.2, 0.25) is 0 Å². The van der Waals surface area contributed by atoms with Gasteiger partial charge in [0.05, 0.1) is 0 Å². The highest BCUT2D eigenvalue weighted by atomic mass is 15.3. The van der Waals surface area contributed by atoms with E-state index in [1.165, 1.54) is 38.9 Å². The van der Waals surface area contributed by atoms with Crippen molar-refractivity contribution in [3.05, 3.63) is 18.5 Å². The molecule has 1 aromatic heterocycles. The fourth-order valence-electron chi connectivity index (χ4n) is 3.16. The molecule has 0 amide bonds. The molecule has 0 radical (unpaired) electrons. The van der Waals surface area contributed by atoms with E-state index in [-0.39, 0.29) is 0 Å². The second-order valence-corrected chi connectivity index (χ2v) is 5.32. The van der Waals surface area contributed by atoms with Crippen molar-refractivity contribution in [1.29, 1.82) is 0 Å². The van der Waals surface area contributed by atoms with Gasteiger partial charge >= 0.3 is 0 Å². The van der Waals surface area contributed by atoms with Gasteiger partial charge in [0.15, 0.2) is 0 Å². The van der Waals surface area contributed by atoms with E-state index in [0.29, 0.717) is 0 Å². The zero-order valence-corrected chi connectivity index (χ0v) is 10.4. The topological polar surface area (TPSA) is 33.1 Å². The van der Waals surface area contributed by atoms with Gasteiger partial charge in [0.1, 0.15) is 0 Å². The third-order valence-electron chi connectivity index (χ3n) is 4.19. The molecule has 94 valence electrons. The Kier molecular flexibility index (Phi) is 3.43. The molecule has 3 aliphatic heterocycles. The Hall–Kier alpha value is -0.870. The summed E-state index contributed by atoms with van der Waals surface area (Å²) in [4.78, 5) is 2.60. The van der Waals surface area contributed by atoms with E-state index in [0.717, 1.165) is 25.0 Å². The maximum Gasteiger partial charge on any atom is 0.0489 e. The van der Waals surface area contributed by atoms with Crippen LogP contribution in [0, 0.1) is 5.92 Å². The Morgan fingerprint density at radius 1 is 1.29 bits per heavy atom. The Labute approximate surface area is 103 Å². The molecular formula is C13H22N4. The highest BCUT2D eigenvalue weighted by Gasteiger charge is 2.33. The van der Waals surface area contributed by atoms with Gasteiger partial charge in [0.2, 0.25) is 0 Å². The largest absolute Gasteiger partial charge is 0.312 e. The second-order valence-electron chi connectivity index (χ2n) is 5.32. The van der Waals surface area contributed by atoms with Gasteiger partial charge in [-0.2, -0.15) is 5.10 Å². The van der Waals surface area contributed by atoms with Crippen LogP contribution in [-0.2, 0) is 6.54 Å². The Morgan fingerprint density at radius 2 is 2.18 bits per heavy atom. The molecule has 3 aliphatic rings.